The van der Waals surface area contributed by atoms with Crippen molar-refractivity contribution in [2.45, 2.75) is 52.0 Å². The molecule has 0 amide bonds. The zero-order chi connectivity index (χ0) is 17.8. The van der Waals surface area contributed by atoms with Gasteiger partial charge in [-0.05, 0) is 52.3 Å². The van der Waals surface area contributed by atoms with E-state index < -0.39 is 11.9 Å². The normalized spacial score (nSPS) is 23.1. The summed E-state index contributed by atoms with van der Waals surface area (Å²) >= 11 is 0. The summed E-state index contributed by atoms with van der Waals surface area (Å²) in [6.07, 6.45) is -0.494. The molecule has 5 heteroatoms. The summed E-state index contributed by atoms with van der Waals surface area (Å²) in [5.74, 6) is 1.48. The summed E-state index contributed by atoms with van der Waals surface area (Å²) in [6.45, 7) is 10.7. The van der Waals surface area contributed by atoms with E-state index in [4.69, 9.17) is 18.6 Å². The molecule has 0 spiro atoms. The van der Waals surface area contributed by atoms with Crippen molar-refractivity contribution in [2.75, 3.05) is 6.61 Å². The Labute approximate surface area is 147 Å². The first-order valence-electron chi connectivity index (χ1n) is 8.52. The fourth-order valence-electron chi connectivity index (χ4n) is 3.22. The van der Waals surface area contributed by atoms with E-state index in [9.17, 15) is 0 Å². The lowest BCUT2D eigenvalue weighted by atomic mass is 9.95. The molecule has 1 aromatic heterocycles. The highest BCUT2D eigenvalue weighted by Gasteiger charge is 2.39. The van der Waals surface area contributed by atoms with Gasteiger partial charge < -0.3 is 18.6 Å². The molecule has 0 N–H and O–H groups in total. The second-order valence-electron chi connectivity index (χ2n) is 7.81. The predicted octanol–water partition coefficient (Wildman–Crippen LogP) is 4.49. The molecular formula is C20H23NO4. The third-order valence-electron chi connectivity index (χ3n) is 4.49. The maximum atomic E-state index is 6.10. The lowest BCUT2D eigenvalue weighted by Gasteiger charge is -2.20. The monoisotopic (exact) mass is 341 g/mol. The lowest BCUT2D eigenvalue weighted by Crippen LogP contribution is -2.17. The highest BCUT2D eigenvalue weighted by molar-refractivity contribution is 5.92. The Morgan fingerprint density at radius 3 is 2.64 bits per heavy atom. The summed E-state index contributed by atoms with van der Waals surface area (Å²) in [7, 11) is 0. The van der Waals surface area contributed by atoms with Crippen molar-refractivity contribution < 1.29 is 18.6 Å². The van der Waals surface area contributed by atoms with Gasteiger partial charge in [0.15, 0.2) is 5.76 Å². The van der Waals surface area contributed by atoms with Gasteiger partial charge in [0, 0.05) is 11.6 Å². The second-order valence-corrected chi connectivity index (χ2v) is 7.81. The van der Waals surface area contributed by atoms with Crippen molar-refractivity contribution in [3.05, 3.63) is 52.8 Å². The molecule has 0 bridgehead atoms. The number of aryl methyl sites for hydroxylation is 1. The van der Waals surface area contributed by atoms with E-state index >= 15 is 0 Å². The van der Waals surface area contributed by atoms with E-state index in [0.717, 1.165) is 11.1 Å². The fourth-order valence-corrected chi connectivity index (χ4v) is 3.22. The Bertz CT molecular complexity index is 847. The van der Waals surface area contributed by atoms with E-state index in [-0.39, 0.29) is 5.54 Å². The average Bonchev–Trinajstić information content (AvgIpc) is 3.17. The average molecular weight is 341 g/mol. The highest BCUT2D eigenvalue weighted by atomic mass is 16.7. The van der Waals surface area contributed by atoms with Gasteiger partial charge in [-0.2, -0.15) is 0 Å². The van der Waals surface area contributed by atoms with Crippen LogP contribution in [0.5, 0.6) is 5.95 Å². The van der Waals surface area contributed by atoms with Crippen molar-refractivity contribution in [1.82, 2.24) is 0 Å². The molecule has 3 heterocycles. The molecule has 0 saturated carbocycles. The molecule has 0 saturated heterocycles. The summed E-state index contributed by atoms with van der Waals surface area (Å²) in [6, 6.07) is 9.88. The Kier molecular flexibility index (Phi) is 3.48. The smallest absolute Gasteiger partial charge is 0.287 e. The van der Waals surface area contributed by atoms with Crippen molar-refractivity contribution in [1.29, 1.82) is 0 Å². The largest absolute Gasteiger partial charge is 0.473 e. The van der Waals surface area contributed by atoms with Crippen LogP contribution in [0.25, 0.3) is 0 Å². The first kappa shape index (κ1) is 16.2. The van der Waals surface area contributed by atoms with Crippen molar-refractivity contribution in [2.24, 2.45) is 4.99 Å². The number of fused-ring (bicyclic) bond motifs is 1. The van der Waals surface area contributed by atoms with E-state index in [2.05, 4.69) is 30.1 Å². The predicted molar refractivity (Wildman–Crippen MR) is 93.9 cm³/mol. The van der Waals surface area contributed by atoms with Gasteiger partial charge in [0.25, 0.3) is 11.8 Å². The minimum atomic E-state index is -0.494. The van der Waals surface area contributed by atoms with Crippen LogP contribution in [0.15, 0.2) is 39.7 Å². The first-order chi connectivity index (χ1) is 11.7. The second kappa shape index (κ2) is 5.36. The van der Waals surface area contributed by atoms with Gasteiger partial charge in [-0.15, -0.1) is 0 Å². The van der Waals surface area contributed by atoms with Crippen LogP contribution in [-0.4, -0.2) is 18.0 Å². The number of nitrogens with zero attached hydrogens (tertiary/aromatic N) is 1. The van der Waals surface area contributed by atoms with Crippen LogP contribution >= 0.6 is 0 Å². The van der Waals surface area contributed by atoms with Gasteiger partial charge in [0.05, 0.1) is 11.1 Å². The number of hydrogen-bond acceptors (Lipinski definition) is 5. The summed E-state index contributed by atoms with van der Waals surface area (Å²) < 4.78 is 23.5. The minimum absolute atomic E-state index is 0.224. The number of hydrogen-bond donors (Lipinski definition) is 0. The number of benzene rings is 1. The standard InChI is InChI=1S/C20H23NO4/c1-12-6-7-14-13(10-12)18(25-20(14,4)5)24-16-9-8-15(23-16)17-21-19(2,3)11-22-17/h6-10,18H,11H2,1-5H3. The number of ether oxygens (including phenoxy) is 3. The zero-order valence-electron chi connectivity index (χ0n) is 15.3. The molecule has 0 radical (unpaired) electrons. The quantitative estimate of drug-likeness (QED) is 0.825. The number of furan rings is 1. The van der Waals surface area contributed by atoms with Gasteiger partial charge in [0.1, 0.15) is 6.61 Å². The maximum Gasteiger partial charge on any atom is 0.287 e. The molecule has 2 aromatic rings. The molecule has 5 nitrogen and oxygen atoms in total. The van der Waals surface area contributed by atoms with Crippen LogP contribution in [0.3, 0.4) is 0 Å². The Morgan fingerprint density at radius 1 is 1.12 bits per heavy atom. The minimum Gasteiger partial charge on any atom is -0.473 e. The number of aliphatic imine (C=N–C) groups is 1. The van der Waals surface area contributed by atoms with E-state index in [1.165, 1.54) is 5.56 Å². The SMILES string of the molecule is Cc1ccc2c(c1)C(Oc1ccc(C3=NC(C)(C)CO3)o1)OC2(C)C. The Balaban J connectivity index is 1.58. The molecule has 4 rings (SSSR count). The molecule has 25 heavy (non-hydrogen) atoms. The van der Waals surface area contributed by atoms with Crippen LogP contribution in [-0.2, 0) is 15.1 Å². The molecule has 1 unspecified atom stereocenters. The highest BCUT2D eigenvalue weighted by Crippen LogP contribution is 2.44. The summed E-state index contributed by atoms with van der Waals surface area (Å²) in [5.41, 5.74) is 2.73. The summed E-state index contributed by atoms with van der Waals surface area (Å²) in [5, 5.41) is 0. The zero-order valence-corrected chi connectivity index (χ0v) is 15.3. The van der Waals surface area contributed by atoms with Crippen LogP contribution in [0.2, 0.25) is 0 Å². The molecule has 1 aromatic carbocycles. The first-order valence-corrected chi connectivity index (χ1v) is 8.52. The van der Waals surface area contributed by atoms with Gasteiger partial charge in [0.2, 0.25) is 6.29 Å². The molecule has 0 aliphatic carbocycles. The Hall–Kier alpha value is -2.27. The maximum absolute atomic E-state index is 6.10. The van der Waals surface area contributed by atoms with Crippen molar-refractivity contribution in [3.63, 3.8) is 0 Å². The van der Waals surface area contributed by atoms with Crippen LogP contribution < -0.4 is 4.74 Å². The van der Waals surface area contributed by atoms with Gasteiger partial charge >= 0.3 is 0 Å². The fraction of sp³-hybridized carbons (Fsp3) is 0.450. The van der Waals surface area contributed by atoms with Gasteiger partial charge in [-0.25, -0.2) is 4.99 Å². The molecular weight excluding hydrogens is 318 g/mol. The van der Waals surface area contributed by atoms with E-state index in [1.807, 2.05) is 33.8 Å². The molecule has 2 aliphatic heterocycles. The molecule has 1 atom stereocenters. The van der Waals surface area contributed by atoms with Crippen molar-refractivity contribution in [3.8, 4) is 5.95 Å². The third kappa shape index (κ3) is 2.93. The molecule has 0 fully saturated rings. The van der Waals surface area contributed by atoms with E-state index in [0.29, 0.717) is 24.2 Å². The van der Waals surface area contributed by atoms with Gasteiger partial charge in [-0.1, -0.05) is 17.7 Å². The van der Waals surface area contributed by atoms with Crippen LogP contribution in [0, 0.1) is 6.92 Å². The van der Waals surface area contributed by atoms with E-state index in [1.54, 1.807) is 6.07 Å². The van der Waals surface area contributed by atoms with Crippen LogP contribution in [0.1, 0.15) is 56.4 Å². The van der Waals surface area contributed by atoms with Crippen LogP contribution in [0.4, 0.5) is 0 Å². The molecule has 132 valence electrons. The Morgan fingerprint density at radius 2 is 1.92 bits per heavy atom. The van der Waals surface area contributed by atoms with Gasteiger partial charge in [-0.3, -0.25) is 0 Å². The van der Waals surface area contributed by atoms with Crippen molar-refractivity contribution >= 4 is 5.90 Å². The topological polar surface area (TPSA) is 53.2 Å². The summed E-state index contributed by atoms with van der Waals surface area (Å²) in [4.78, 5) is 4.52. The number of rotatable bonds is 3. The third-order valence-corrected chi connectivity index (χ3v) is 4.49. The molecule has 2 aliphatic rings. The lowest BCUT2D eigenvalue weighted by molar-refractivity contribution is -0.149.